The van der Waals surface area contributed by atoms with Gasteiger partial charge in [0, 0.05) is 15.5 Å². The first-order valence-corrected chi connectivity index (χ1v) is 9.53. The smallest absolute Gasteiger partial charge is 0.234 e. The minimum absolute atomic E-state index is 0.0732. The number of hydrogen-bond donors (Lipinski definition) is 2. The van der Waals surface area contributed by atoms with Crippen LogP contribution in [0, 0.1) is 13.8 Å². The quantitative estimate of drug-likeness (QED) is 0.633. The van der Waals surface area contributed by atoms with E-state index in [0.29, 0.717) is 5.16 Å². The highest BCUT2D eigenvalue weighted by atomic mass is 32.2. The molecular formula is C18H18N4OS2. The van der Waals surface area contributed by atoms with Gasteiger partial charge in [0.15, 0.2) is 5.16 Å². The Bertz CT molecular complexity index is 848. The molecule has 0 radical (unpaired) electrons. The van der Waals surface area contributed by atoms with Crippen molar-refractivity contribution in [2.45, 2.75) is 28.8 Å². The Morgan fingerprint density at radius 3 is 2.52 bits per heavy atom. The van der Waals surface area contributed by atoms with Gasteiger partial charge in [-0.2, -0.15) is 5.10 Å². The lowest BCUT2D eigenvalue weighted by atomic mass is 10.1. The van der Waals surface area contributed by atoms with E-state index in [4.69, 9.17) is 0 Å². The van der Waals surface area contributed by atoms with E-state index in [0.717, 1.165) is 10.6 Å². The summed E-state index contributed by atoms with van der Waals surface area (Å²) in [5.74, 6) is 0.213. The molecule has 0 unspecified atom stereocenters. The molecule has 0 atom stereocenters. The van der Waals surface area contributed by atoms with Gasteiger partial charge in [-0.15, -0.1) is 0 Å². The molecule has 7 heteroatoms. The van der Waals surface area contributed by atoms with E-state index >= 15 is 0 Å². The van der Waals surface area contributed by atoms with E-state index in [1.807, 2.05) is 24.3 Å². The summed E-state index contributed by atoms with van der Waals surface area (Å²) >= 11 is 3.03. The summed E-state index contributed by atoms with van der Waals surface area (Å²) in [6, 6.07) is 14.3. The maximum atomic E-state index is 12.0. The van der Waals surface area contributed by atoms with Gasteiger partial charge in [-0.1, -0.05) is 29.6 Å². The molecule has 0 spiro atoms. The molecule has 1 amide bonds. The van der Waals surface area contributed by atoms with Gasteiger partial charge in [0.2, 0.25) is 5.91 Å². The predicted molar refractivity (Wildman–Crippen MR) is 102 cm³/mol. The maximum Gasteiger partial charge on any atom is 0.234 e. The van der Waals surface area contributed by atoms with Crippen LogP contribution in [0.3, 0.4) is 0 Å². The van der Waals surface area contributed by atoms with Crippen molar-refractivity contribution in [3.8, 4) is 0 Å². The minimum Gasteiger partial charge on any atom is -0.325 e. The van der Waals surface area contributed by atoms with Crippen LogP contribution in [0.15, 0.2) is 63.7 Å². The number of H-pyrrole nitrogens is 1. The van der Waals surface area contributed by atoms with Gasteiger partial charge in [0.1, 0.15) is 6.33 Å². The Labute approximate surface area is 155 Å². The molecule has 3 aromatic rings. The predicted octanol–water partition coefficient (Wildman–Crippen LogP) is 4.30. The highest BCUT2D eigenvalue weighted by Crippen LogP contribution is 2.29. The van der Waals surface area contributed by atoms with Gasteiger partial charge in [-0.05, 0) is 61.4 Å². The highest BCUT2D eigenvalue weighted by molar-refractivity contribution is 7.99. The zero-order valence-corrected chi connectivity index (χ0v) is 15.6. The average Bonchev–Trinajstić information content (AvgIpc) is 3.12. The molecule has 0 aliphatic carbocycles. The number of carbonyl (C=O) groups is 1. The van der Waals surface area contributed by atoms with Gasteiger partial charge in [0.05, 0.1) is 5.75 Å². The lowest BCUT2D eigenvalue weighted by Gasteiger charge is -2.07. The number of nitrogens with one attached hydrogen (secondary N) is 2. The fourth-order valence-corrected chi connectivity index (χ4v) is 3.61. The SMILES string of the molecule is Cc1ccc(Sc2ccc(NC(=O)CSc3ncn[nH]3)cc2)cc1C. The molecule has 0 bridgehead atoms. The number of aromatic nitrogens is 3. The third-order valence-electron chi connectivity index (χ3n) is 3.59. The summed E-state index contributed by atoms with van der Waals surface area (Å²) in [4.78, 5) is 18.3. The van der Waals surface area contributed by atoms with Crippen LogP contribution in [0.1, 0.15) is 11.1 Å². The van der Waals surface area contributed by atoms with Crippen LogP contribution < -0.4 is 5.32 Å². The van der Waals surface area contributed by atoms with Gasteiger partial charge >= 0.3 is 0 Å². The molecule has 0 aliphatic rings. The first kappa shape index (κ1) is 17.6. The molecule has 0 aliphatic heterocycles. The normalized spacial score (nSPS) is 10.6. The monoisotopic (exact) mass is 370 g/mol. The second-order valence-corrected chi connectivity index (χ2v) is 7.61. The number of thioether (sulfide) groups is 1. The molecule has 2 N–H and O–H groups in total. The molecule has 5 nitrogen and oxygen atoms in total. The van der Waals surface area contributed by atoms with Crippen molar-refractivity contribution in [1.29, 1.82) is 0 Å². The summed E-state index contributed by atoms with van der Waals surface area (Å²) < 4.78 is 0. The van der Waals surface area contributed by atoms with Gasteiger partial charge < -0.3 is 5.32 Å². The molecule has 2 aromatic carbocycles. The van der Waals surface area contributed by atoms with Crippen molar-refractivity contribution in [3.05, 3.63) is 59.9 Å². The van der Waals surface area contributed by atoms with E-state index < -0.39 is 0 Å². The van der Waals surface area contributed by atoms with Crippen LogP contribution in [0.25, 0.3) is 0 Å². The number of rotatable bonds is 6. The number of carbonyl (C=O) groups excluding carboxylic acids is 1. The van der Waals surface area contributed by atoms with Crippen molar-refractivity contribution in [1.82, 2.24) is 15.2 Å². The summed E-state index contributed by atoms with van der Waals surface area (Å²) in [6.45, 7) is 4.23. The lowest BCUT2D eigenvalue weighted by molar-refractivity contribution is -0.113. The van der Waals surface area contributed by atoms with Crippen LogP contribution in [0.2, 0.25) is 0 Å². The summed E-state index contributed by atoms with van der Waals surface area (Å²) in [7, 11) is 0. The van der Waals surface area contributed by atoms with Crippen molar-refractivity contribution in [2.24, 2.45) is 0 Å². The zero-order valence-electron chi connectivity index (χ0n) is 13.9. The van der Waals surface area contributed by atoms with E-state index in [9.17, 15) is 4.79 Å². The van der Waals surface area contributed by atoms with E-state index in [1.54, 1.807) is 11.8 Å². The number of hydrogen-bond acceptors (Lipinski definition) is 5. The molecule has 25 heavy (non-hydrogen) atoms. The topological polar surface area (TPSA) is 70.7 Å². The second kappa shape index (κ2) is 8.22. The molecule has 1 aromatic heterocycles. The summed E-state index contributed by atoms with van der Waals surface area (Å²) in [6.07, 6.45) is 1.42. The number of nitrogens with zero attached hydrogens (tertiary/aromatic N) is 2. The van der Waals surface area contributed by atoms with Crippen molar-refractivity contribution in [3.63, 3.8) is 0 Å². The van der Waals surface area contributed by atoms with Gasteiger partial charge in [-0.25, -0.2) is 4.98 Å². The Kier molecular flexibility index (Phi) is 5.78. The van der Waals surface area contributed by atoms with E-state index in [1.165, 1.54) is 34.1 Å². The summed E-state index contributed by atoms with van der Waals surface area (Å²) in [5, 5.41) is 9.98. The van der Waals surface area contributed by atoms with E-state index in [2.05, 4.69) is 52.5 Å². The molecule has 3 rings (SSSR count). The summed E-state index contributed by atoms with van der Waals surface area (Å²) in [5.41, 5.74) is 3.37. The Hall–Kier alpha value is -2.25. The largest absolute Gasteiger partial charge is 0.325 e. The van der Waals surface area contributed by atoms with Crippen LogP contribution in [0.5, 0.6) is 0 Å². The Balaban J connectivity index is 1.54. The average molecular weight is 371 g/mol. The second-order valence-electron chi connectivity index (χ2n) is 5.50. The maximum absolute atomic E-state index is 12.0. The highest BCUT2D eigenvalue weighted by Gasteiger charge is 2.06. The number of benzene rings is 2. The van der Waals surface area contributed by atoms with Crippen LogP contribution in [0.4, 0.5) is 5.69 Å². The molecule has 1 heterocycles. The van der Waals surface area contributed by atoms with Crippen LogP contribution in [-0.4, -0.2) is 26.8 Å². The first-order chi connectivity index (χ1) is 12.1. The third-order valence-corrected chi connectivity index (χ3v) is 5.46. The first-order valence-electron chi connectivity index (χ1n) is 7.73. The van der Waals surface area contributed by atoms with Gasteiger partial charge in [0.25, 0.3) is 0 Å². The molecule has 0 saturated carbocycles. The minimum atomic E-state index is -0.0732. The van der Waals surface area contributed by atoms with E-state index in [-0.39, 0.29) is 11.7 Å². The number of amides is 1. The Morgan fingerprint density at radius 1 is 1.08 bits per heavy atom. The third kappa shape index (κ3) is 5.11. The number of anilines is 1. The van der Waals surface area contributed by atoms with Crippen molar-refractivity contribution in [2.75, 3.05) is 11.1 Å². The van der Waals surface area contributed by atoms with Crippen LogP contribution >= 0.6 is 23.5 Å². The molecule has 0 fully saturated rings. The van der Waals surface area contributed by atoms with Gasteiger partial charge in [-0.3, -0.25) is 9.89 Å². The standard InChI is InChI=1S/C18H18N4OS2/c1-12-3-6-16(9-13(12)2)25-15-7-4-14(5-8-15)21-17(23)10-24-18-19-11-20-22-18/h3-9,11H,10H2,1-2H3,(H,21,23)(H,19,20,22). The van der Waals surface area contributed by atoms with Crippen molar-refractivity contribution >= 4 is 35.1 Å². The Morgan fingerprint density at radius 2 is 1.84 bits per heavy atom. The molecule has 0 saturated heterocycles. The molecule has 128 valence electrons. The zero-order chi connectivity index (χ0) is 17.6. The molecular weight excluding hydrogens is 352 g/mol. The number of aromatic amines is 1. The van der Waals surface area contributed by atoms with Crippen LogP contribution in [-0.2, 0) is 4.79 Å². The number of aryl methyl sites for hydroxylation is 2. The fraction of sp³-hybridized carbons (Fsp3) is 0.167. The van der Waals surface area contributed by atoms with Crippen molar-refractivity contribution < 1.29 is 4.79 Å². The lowest BCUT2D eigenvalue weighted by Crippen LogP contribution is -2.14. The fourth-order valence-electron chi connectivity index (χ4n) is 2.11.